The molecule has 1 aromatic carbocycles. The number of anilines is 1. The van der Waals surface area contributed by atoms with Gasteiger partial charge in [-0.05, 0) is 38.8 Å². The molecule has 1 aliphatic rings. The van der Waals surface area contributed by atoms with Crippen molar-refractivity contribution in [2.24, 2.45) is 0 Å². The lowest BCUT2D eigenvalue weighted by molar-refractivity contribution is 0.0540. The van der Waals surface area contributed by atoms with Crippen LogP contribution in [-0.4, -0.2) is 67.2 Å². The highest BCUT2D eigenvalue weighted by atomic mass is 35.5. The zero-order valence-corrected chi connectivity index (χ0v) is 24.0. The molecule has 3 heterocycles. The number of aromatic amines is 1. The number of aromatic nitrogens is 2. The first-order valence-electron chi connectivity index (χ1n) is 12.4. The Labute approximate surface area is 236 Å². The van der Waals surface area contributed by atoms with Gasteiger partial charge in [0.2, 0.25) is 0 Å². The van der Waals surface area contributed by atoms with Crippen LogP contribution in [0.3, 0.4) is 0 Å². The molecule has 2 amide bonds. The quantitative estimate of drug-likeness (QED) is 0.349. The van der Waals surface area contributed by atoms with E-state index in [4.69, 9.17) is 21.1 Å². The number of thiazole rings is 1. The van der Waals surface area contributed by atoms with Gasteiger partial charge in [0.05, 0.1) is 29.8 Å². The van der Waals surface area contributed by atoms with E-state index in [1.807, 2.05) is 49.1 Å². The molecule has 208 valence electrons. The zero-order chi connectivity index (χ0) is 28.3. The van der Waals surface area contributed by atoms with E-state index in [9.17, 15) is 14.4 Å². The van der Waals surface area contributed by atoms with Crippen molar-refractivity contribution in [2.45, 2.75) is 44.9 Å². The average molecular weight is 574 g/mol. The van der Waals surface area contributed by atoms with Crippen molar-refractivity contribution >= 4 is 45.9 Å². The lowest BCUT2D eigenvalue weighted by Crippen LogP contribution is -2.55. The van der Waals surface area contributed by atoms with E-state index in [0.29, 0.717) is 35.4 Å². The lowest BCUT2D eigenvalue weighted by Gasteiger charge is -2.37. The molecule has 2 aromatic heterocycles. The third-order valence-electron chi connectivity index (χ3n) is 6.77. The number of nitrogens with one attached hydrogen (secondary N) is 3. The maximum absolute atomic E-state index is 13.3. The largest absolute Gasteiger partial charge is 0.465 e. The number of benzene rings is 1. The number of nitrogens with zero attached hydrogens (tertiary/aromatic N) is 2. The topological polar surface area (TPSA) is 126 Å². The van der Waals surface area contributed by atoms with Gasteiger partial charge in [-0.15, -0.1) is 0 Å². The van der Waals surface area contributed by atoms with Crippen molar-refractivity contribution in [3.63, 3.8) is 0 Å². The normalized spacial score (nSPS) is 17.5. The van der Waals surface area contributed by atoms with E-state index in [2.05, 4.69) is 20.6 Å². The maximum atomic E-state index is 13.3. The molecule has 0 bridgehead atoms. The maximum Gasteiger partial charge on any atom is 0.350 e. The van der Waals surface area contributed by atoms with Crippen LogP contribution in [0.15, 0.2) is 36.4 Å². The Morgan fingerprint density at radius 2 is 1.90 bits per heavy atom. The number of halogens is 1. The molecule has 0 saturated carbocycles. The van der Waals surface area contributed by atoms with Gasteiger partial charge in [-0.1, -0.05) is 53.3 Å². The van der Waals surface area contributed by atoms with Gasteiger partial charge in [0.15, 0.2) is 10.8 Å². The lowest BCUT2D eigenvalue weighted by atomic mass is 9.94. The number of H-pyrrole nitrogens is 1. The van der Waals surface area contributed by atoms with Crippen LogP contribution in [0, 0.1) is 6.92 Å². The Kier molecular flexibility index (Phi) is 8.63. The molecule has 0 unspecified atom stereocenters. The molecule has 0 aliphatic carbocycles. The van der Waals surface area contributed by atoms with Gasteiger partial charge in [-0.25, -0.2) is 9.78 Å². The number of methoxy groups -OCH3 is 2. The summed E-state index contributed by atoms with van der Waals surface area (Å²) in [6, 6.07) is 10.9. The molecule has 10 nitrogen and oxygen atoms in total. The number of carbonyl (C=O) groups excluding carboxylic acids is 3. The van der Waals surface area contributed by atoms with Crippen molar-refractivity contribution in [1.29, 1.82) is 0 Å². The molecule has 1 aliphatic heterocycles. The Bertz CT molecular complexity index is 1340. The second-order valence-corrected chi connectivity index (χ2v) is 11.2. The summed E-state index contributed by atoms with van der Waals surface area (Å²) in [7, 11) is 2.85. The van der Waals surface area contributed by atoms with E-state index in [-0.39, 0.29) is 28.6 Å². The predicted octanol–water partition coefficient (Wildman–Crippen LogP) is 3.91. The number of aryl methyl sites for hydroxylation is 1. The van der Waals surface area contributed by atoms with Crippen molar-refractivity contribution in [1.82, 2.24) is 20.6 Å². The van der Waals surface area contributed by atoms with Crippen molar-refractivity contribution < 1.29 is 23.9 Å². The van der Waals surface area contributed by atoms with Crippen LogP contribution >= 0.6 is 22.9 Å². The van der Waals surface area contributed by atoms with Crippen LogP contribution in [0.1, 0.15) is 62.2 Å². The van der Waals surface area contributed by atoms with E-state index in [1.54, 1.807) is 20.1 Å². The van der Waals surface area contributed by atoms with Crippen molar-refractivity contribution in [2.75, 3.05) is 32.2 Å². The second-order valence-electron chi connectivity index (χ2n) is 9.86. The molecule has 3 N–H and O–H groups in total. The number of hydrogen-bond donors (Lipinski definition) is 3. The first-order valence-corrected chi connectivity index (χ1v) is 13.6. The van der Waals surface area contributed by atoms with Gasteiger partial charge in [0.1, 0.15) is 10.6 Å². The minimum Gasteiger partial charge on any atom is -0.465 e. The number of rotatable bonds is 8. The molecule has 1 fully saturated rings. The summed E-state index contributed by atoms with van der Waals surface area (Å²) in [5.74, 6) is -1.38. The summed E-state index contributed by atoms with van der Waals surface area (Å²) < 4.78 is 10.6. The summed E-state index contributed by atoms with van der Waals surface area (Å²) in [4.78, 5) is 48.3. The number of hydrogen-bond acceptors (Lipinski definition) is 8. The number of carbonyl (C=O) groups is 3. The molecule has 0 spiro atoms. The van der Waals surface area contributed by atoms with E-state index >= 15 is 0 Å². The third-order valence-corrected chi connectivity index (χ3v) is 8.26. The number of esters is 1. The highest BCUT2D eigenvalue weighted by Gasteiger charge is 2.35. The molecular weight excluding hydrogens is 542 g/mol. The van der Waals surface area contributed by atoms with Gasteiger partial charge < -0.3 is 30.0 Å². The van der Waals surface area contributed by atoms with Crippen LogP contribution in [0.4, 0.5) is 5.13 Å². The monoisotopic (exact) mass is 573 g/mol. The number of ether oxygens (including phenoxy) is 2. The van der Waals surface area contributed by atoms with Crippen LogP contribution < -0.4 is 15.5 Å². The first-order chi connectivity index (χ1) is 18.5. The summed E-state index contributed by atoms with van der Waals surface area (Å²) in [5, 5.41) is 7.00. The Morgan fingerprint density at radius 1 is 1.18 bits per heavy atom. The fourth-order valence-electron chi connectivity index (χ4n) is 4.49. The van der Waals surface area contributed by atoms with Crippen LogP contribution in [0.2, 0.25) is 5.02 Å². The summed E-state index contributed by atoms with van der Waals surface area (Å²) in [6.45, 7) is 6.49. The van der Waals surface area contributed by atoms with Crippen LogP contribution in [0.25, 0.3) is 0 Å². The molecule has 1 saturated heterocycles. The molecule has 12 heteroatoms. The Morgan fingerprint density at radius 3 is 2.51 bits per heavy atom. The van der Waals surface area contributed by atoms with Crippen molar-refractivity contribution in [3.8, 4) is 0 Å². The van der Waals surface area contributed by atoms with Crippen molar-refractivity contribution in [3.05, 3.63) is 68.9 Å². The number of piperidine rings is 1. The van der Waals surface area contributed by atoms with Gasteiger partial charge in [0, 0.05) is 25.9 Å². The van der Waals surface area contributed by atoms with Gasteiger partial charge in [-0.3, -0.25) is 9.59 Å². The molecule has 3 aromatic rings. The number of amides is 2. The Balaban J connectivity index is 1.51. The Hall–Kier alpha value is -3.41. The van der Waals surface area contributed by atoms with Gasteiger partial charge in [0.25, 0.3) is 11.8 Å². The standard InChI is InChI=1S/C27H32ClN5O5S/c1-15-17(28)13-19(29-15)23(34)30-18-11-12-33(14-20(18)37-4)26-31-21(22(39-26)25(36)38-5)24(35)32-27(2,3)16-9-7-6-8-10-16/h6-10,13,18,20,29H,11-12,14H2,1-5H3,(H,30,34)(H,32,35)/t18-,20+/m0/s1. The molecule has 2 atom stereocenters. The van der Waals surface area contributed by atoms with E-state index in [1.165, 1.54) is 7.11 Å². The minimum absolute atomic E-state index is 0.00856. The molecule has 4 rings (SSSR count). The molecule has 0 radical (unpaired) electrons. The first kappa shape index (κ1) is 28.6. The molecule has 39 heavy (non-hydrogen) atoms. The zero-order valence-electron chi connectivity index (χ0n) is 22.5. The summed E-state index contributed by atoms with van der Waals surface area (Å²) in [5.41, 5.74) is 1.32. The van der Waals surface area contributed by atoms with Crippen LogP contribution in [-0.2, 0) is 15.0 Å². The highest BCUT2D eigenvalue weighted by Crippen LogP contribution is 2.31. The average Bonchev–Trinajstić information content (AvgIpc) is 3.52. The van der Waals surface area contributed by atoms with E-state index in [0.717, 1.165) is 22.6 Å². The summed E-state index contributed by atoms with van der Waals surface area (Å²) in [6.07, 6.45) is 0.210. The summed E-state index contributed by atoms with van der Waals surface area (Å²) >= 11 is 7.18. The van der Waals surface area contributed by atoms with Gasteiger partial charge in [-0.2, -0.15) is 0 Å². The van der Waals surface area contributed by atoms with Gasteiger partial charge >= 0.3 is 5.97 Å². The second kappa shape index (κ2) is 11.8. The fraction of sp³-hybridized carbons (Fsp3) is 0.407. The minimum atomic E-state index is -0.699. The fourth-order valence-corrected chi connectivity index (χ4v) is 5.67. The van der Waals surface area contributed by atoms with E-state index < -0.39 is 17.4 Å². The van der Waals surface area contributed by atoms with Crippen LogP contribution in [0.5, 0.6) is 0 Å². The third kappa shape index (κ3) is 6.26. The SMILES string of the molecule is COC(=O)c1sc(N2CC[C@H](NC(=O)c3cc(Cl)c(C)[nH]3)[C@H](OC)C2)nc1C(=O)NC(C)(C)c1ccccc1. The smallest absolute Gasteiger partial charge is 0.350 e. The molecular formula is C27H32ClN5O5S. The highest BCUT2D eigenvalue weighted by molar-refractivity contribution is 7.17. The predicted molar refractivity (Wildman–Crippen MR) is 150 cm³/mol.